The highest BCUT2D eigenvalue weighted by Gasteiger charge is 2.15. The second kappa shape index (κ2) is 7.35. The molecule has 1 aromatic rings. The summed E-state index contributed by atoms with van der Waals surface area (Å²) in [6, 6.07) is 6.78. The van der Waals surface area contributed by atoms with E-state index in [1.54, 1.807) is 45.0 Å². The maximum absolute atomic E-state index is 11.5. The summed E-state index contributed by atoms with van der Waals surface area (Å²) in [7, 11) is 0. The molecule has 0 unspecified atom stereocenters. The van der Waals surface area contributed by atoms with Crippen LogP contribution in [0.5, 0.6) is 5.75 Å². The number of nitrogens with one attached hydrogen (secondary N) is 2. The van der Waals surface area contributed by atoms with Gasteiger partial charge in [-0.2, -0.15) is 0 Å². The van der Waals surface area contributed by atoms with Crippen molar-refractivity contribution in [1.29, 1.82) is 0 Å². The number of carbonyl (C=O) groups excluding carboxylic acids is 2. The Morgan fingerprint density at radius 1 is 1.18 bits per heavy atom. The van der Waals surface area contributed by atoms with Crippen molar-refractivity contribution in [2.45, 2.75) is 26.4 Å². The van der Waals surface area contributed by atoms with Crippen molar-refractivity contribution in [2.24, 2.45) is 5.73 Å². The number of hydrazine groups is 1. The van der Waals surface area contributed by atoms with E-state index in [9.17, 15) is 9.59 Å². The van der Waals surface area contributed by atoms with Gasteiger partial charge in [-0.15, -0.1) is 0 Å². The van der Waals surface area contributed by atoms with Gasteiger partial charge < -0.3 is 15.2 Å². The largest absolute Gasteiger partial charge is 0.484 e. The molecule has 0 atom stereocenters. The number of rotatable bonds is 6. The van der Waals surface area contributed by atoms with Crippen molar-refractivity contribution in [2.75, 3.05) is 6.61 Å². The zero-order valence-electron chi connectivity index (χ0n) is 12.9. The van der Waals surface area contributed by atoms with E-state index in [0.29, 0.717) is 11.4 Å². The van der Waals surface area contributed by atoms with Gasteiger partial charge in [0.25, 0.3) is 5.91 Å². The topological polar surface area (TPSA) is 103 Å². The number of ether oxygens (including phenoxy) is 2. The number of benzene rings is 1. The Labute approximate surface area is 129 Å². The lowest BCUT2D eigenvalue weighted by Gasteiger charge is -2.20. The first-order valence-corrected chi connectivity index (χ1v) is 6.63. The molecule has 0 aliphatic rings. The quantitative estimate of drug-likeness (QED) is 0.692. The van der Waals surface area contributed by atoms with Crippen LogP contribution >= 0.6 is 0 Å². The minimum absolute atomic E-state index is 0.182. The van der Waals surface area contributed by atoms with E-state index in [0.717, 1.165) is 5.56 Å². The molecule has 0 saturated heterocycles. The van der Waals surface area contributed by atoms with Gasteiger partial charge in [0.05, 0.1) is 5.70 Å². The van der Waals surface area contributed by atoms with Crippen molar-refractivity contribution in [3.8, 4) is 5.75 Å². The standard InChI is InChI=1S/C15H21N3O4/c1-10(17-18-14(20)22-15(2,3)4)11-5-7-12(8-6-11)21-9-13(16)19/h5-8,17H,1,9H2,2-4H3,(H2,16,19)(H,18,20). The number of carbonyl (C=O) groups is 2. The van der Waals surface area contributed by atoms with Crippen molar-refractivity contribution in [1.82, 2.24) is 10.9 Å². The number of primary amides is 1. The van der Waals surface area contributed by atoms with Gasteiger partial charge in [0, 0.05) is 0 Å². The molecule has 0 bridgehead atoms. The maximum atomic E-state index is 11.5. The molecule has 0 spiro atoms. The second-order valence-corrected chi connectivity index (χ2v) is 5.51. The predicted molar refractivity (Wildman–Crippen MR) is 82.7 cm³/mol. The van der Waals surface area contributed by atoms with Gasteiger partial charge in [0.2, 0.25) is 0 Å². The van der Waals surface area contributed by atoms with E-state index in [-0.39, 0.29) is 6.61 Å². The third-order valence-electron chi connectivity index (χ3n) is 2.30. The first kappa shape index (κ1) is 17.4. The zero-order chi connectivity index (χ0) is 16.8. The summed E-state index contributed by atoms with van der Waals surface area (Å²) in [5, 5.41) is 0. The van der Waals surface area contributed by atoms with Crippen LogP contribution in [-0.2, 0) is 9.53 Å². The number of hydrogen-bond acceptors (Lipinski definition) is 5. The summed E-state index contributed by atoms with van der Waals surface area (Å²) in [5.41, 5.74) is 10.7. The molecule has 0 radical (unpaired) electrons. The Morgan fingerprint density at radius 2 is 1.77 bits per heavy atom. The van der Waals surface area contributed by atoms with Crippen LogP contribution in [0.15, 0.2) is 30.8 Å². The third-order valence-corrected chi connectivity index (χ3v) is 2.30. The van der Waals surface area contributed by atoms with E-state index in [1.165, 1.54) is 0 Å². The highest BCUT2D eigenvalue weighted by Crippen LogP contribution is 2.15. The van der Waals surface area contributed by atoms with Crippen molar-refractivity contribution >= 4 is 17.7 Å². The second-order valence-electron chi connectivity index (χ2n) is 5.51. The SMILES string of the molecule is C=C(NNC(=O)OC(C)(C)C)c1ccc(OCC(N)=O)cc1. The van der Waals surface area contributed by atoms with Gasteiger partial charge in [-0.05, 0) is 50.6 Å². The van der Waals surface area contributed by atoms with Crippen LogP contribution in [0.3, 0.4) is 0 Å². The summed E-state index contributed by atoms with van der Waals surface area (Å²) >= 11 is 0. The first-order valence-electron chi connectivity index (χ1n) is 6.63. The molecule has 0 aliphatic carbocycles. The monoisotopic (exact) mass is 307 g/mol. The van der Waals surface area contributed by atoms with Crippen LogP contribution in [0.2, 0.25) is 0 Å². The van der Waals surface area contributed by atoms with Crippen LogP contribution in [-0.4, -0.2) is 24.2 Å². The summed E-state index contributed by atoms with van der Waals surface area (Å²) in [4.78, 5) is 22.1. The molecule has 2 amide bonds. The maximum Gasteiger partial charge on any atom is 0.426 e. The fourth-order valence-electron chi connectivity index (χ4n) is 1.41. The molecular weight excluding hydrogens is 286 g/mol. The summed E-state index contributed by atoms with van der Waals surface area (Å²) in [5.74, 6) is -0.0350. The van der Waals surface area contributed by atoms with Gasteiger partial charge in [-0.1, -0.05) is 6.58 Å². The molecule has 1 aromatic carbocycles. The van der Waals surface area contributed by atoms with Crippen LogP contribution < -0.4 is 21.3 Å². The molecule has 0 aromatic heterocycles. The van der Waals surface area contributed by atoms with E-state index in [1.807, 2.05) is 0 Å². The minimum atomic E-state index is -0.602. The number of amides is 2. The van der Waals surface area contributed by atoms with Gasteiger partial charge in [0.1, 0.15) is 11.4 Å². The summed E-state index contributed by atoms with van der Waals surface area (Å²) in [6.45, 7) is 8.93. The lowest BCUT2D eigenvalue weighted by atomic mass is 10.2. The molecule has 7 nitrogen and oxygen atoms in total. The van der Waals surface area contributed by atoms with Crippen molar-refractivity contribution in [3.63, 3.8) is 0 Å². The van der Waals surface area contributed by atoms with Crippen LogP contribution in [0.25, 0.3) is 5.70 Å². The van der Waals surface area contributed by atoms with Crippen molar-refractivity contribution in [3.05, 3.63) is 36.4 Å². The molecule has 120 valence electrons. The van der Waals surface area contributed by atoms with Crippen LogP contribution in [0.4, 0.5) is 4.79 Å². The molecule has 4 N–H and O–H groups in total. The molecule has 0 aliphatic heterocycles. The van der Waals surface area contributed by atoms with E-state index in [4.69, 9.17) is 15.2 Å². The lowest BCUT2D eigenvalue weighted by Crippen LogP contribution is -2.40. The Morgan fingerprint density at radius 3 is 2.27 bits per heavy atom. The normalized spacial score (nSPS) is 10.5. The van der Waals surface area contributed by atoms with Gasteiger partial charge in [-0.3, -0.25) is 10.2 Å². The molecule has 0 heterocycles. The molecule has 0 saturated carbocycles. The van der Waals surface area contributed by atoms with Crippen LogP contribution in [0.1, 0.15) is 26.3 Å². The molecule has 0 fully saturated rings. The average Bonchev–Trinajstić information content (AvgIpc) is 2.41. The van der Waals surface area contributed by atoms with Crippen LogP contribution in [0, 0.1) is 0 Å². The Hall–Kier alpha value is -2.70. The van der Waals surface area contributed by atoms with Gasteiger partial charge in [0.15, 0.2) is 6.61 Å². The lowest BCUT2D eigenvalue weighted by molar-refractivity contribution is -0.119. The summed E-state index contributed by atoms with van der Waals surface area (Å²) in [6.07, 6.45) is -0.602. The van der Waals surface area contributed by atoms with Gasteiger partial charge >= 0.3 is 6.09 Å². The van der Waals surface area contributed by atoms with Crippen molar-refractivity contribution < 1.29 is 19.1 Å². The average molecular weight is 307 g/mol. The Bertz CT molecular complexity index is 547. The fraction of sp³-hybridized carbons (Fsp3) is 0.333. The van der Waals surface area contributed by atoms with Gasteiger partial charge in [-0.25, -0.2) is 10.2 Å². The highest BCUT2D eigenvalue weighted by atomic mass is 16.6. The van der Waals surface area contributed by atoms with E-state index in [2.05, 4.69) is 17.4 Å². The Kier molecular flexibility index (Phi) is 5.80. The first-order chi connectivity index (χ1) is 10.2. The summed E-state index contributed by atoms with van der Waals surface area (Å²) < 4.78 is 10.2. The third kappa shape index (κ3) is 6.65. The zero-order valence-corrected chi connectivity index (χ0v) is 12.9. The van der Waals surface area contributed by atoms with E-state index >= 15 is 0 Å². The number of nitrogens with two attached hydrogens (primary N) is 1. The molecule has 7 heteroatoms. The fourth-order valence-corrected chi connectivity index (χ4v) is 1.41. The molecule has 22 heavy (non-hydrogen) atoms. The van der Waals surface area contributed by atoms with E-state index < -0.39 is 17.6 Å². The minimum Gasteiger partial charge on any atom is -0.484 e. The number of hydrogen-bond donors (Lipinski definition) is 3. The Balaban J connectivity index is 2.49. The smallest absolute Gasteiger partial charge is 0.426 e. The highest BCUT2D eigenvalue weighted by molar-refractivity contribution is 5.75. The predicted octanol–water partition coefficient (Wildman–Crippen LogP) is 1.55. The molecule has 1 rings (SSSR count). The molecular formula is C15H21N3O4.